The Morgan fingerprint density at radius 2 is 1.85 bits per heavy atom. The monoisotopic (exact) mass is 277 g/mol. The van der Waals surface area contributed by atoms with Crippen molar-refractivity contribution in [3.8, 4) is 5.75 Å². The molecule has 1 aliphatic carbocycles. The van der Waals surface area contributed by atoms with E-state index in [0.29, 0.717) is 11.4 Å². The zero-order valence-corrected chi connectivity index (χ0v) is 11.5. The molecule has 5 heteroatoms. The van der Waals surface area contributed by atoms with Gasteiger partial charge >= 0.3 is 5.97 Å². The summed E-state index contributed by atoms with van der Waals surface area (Å²) in [6.07, 6.45) is 4.06. The largest absolute Gasteiger partial charge is 0.482 e. The highest BCUT2D eigenvalue weighted by Crippen LogP contribution is 2.38. The third-order valence-corrected chi connectivity index (χ3v) is 3.73. The lowest BCUT2D eigenvalue weighted by molar-refractivity contribution is -0.139. The Hall–Kier alpha value is -2.04. The second-order valence-corrected chi connectivity index (χ2v) is 5.43. The average Bonchev–Trinajstić information content (AvgIpc) is 2.86. The van der Waals surface area contributed by atoms with Crippen LogP contribution in [0.4, 0.5) is 5.69 Å². The van der Waals surface area contributed by atoms with Crippen molar-refractivity contribution in [2.45, 2.75) is 32.6 Å². The SMILES string of the molecule is CC1(C(=O)Nc2ccc(OCC(=O)O)cc2)CCCC1. The van der Waals surface area contributed by atoms with Crippen LogP contribution in [0.15, 0.2) is 24.3 Å². The lowest BCUT2D eigenvalue weighted by atomic mass is 9.88. The smallest absolute Gasteiger partial charge is 0.341 e. The quantitative estimate of drug-likeness (QED) is 0.867. The van der Waals surface area contributed by atoms with Crippen molar-refractivity contribution in [3.63, 3.8) is 0 Å². The highest BCUT2D eigenvalue weighted by Gasteiger charge is 2.36. The second kappa shape index (κ2) is 5.94. The van der Waals surface area contributed by atoms with Crippen molar-refractivity contribution in [2.75, 3.05) is 11.9 Å². The zero-order valence-electron chi connectivity index (χ0n) is 11.5. The molecule has 20 heavy (non-hydrogen) atoms. The molecule has 1 amide bonds. The van der Waals surface area contributed by atoms with Gasteiger partial charge in [0, 0.05) is 11.1 Å². The summed E-state index contributed by atoms with van der Waals surface area (Å²) in [5.74, 6) is -0.497. The maximum Gasteiger partial charge on any atom is 0.341 e. The van der Waals surface area contributed by atoms with E-state index in [4.69, 9.17) is 9.84 Å². The molecule has 0 bridgehead atoms. The number of aliphatic carboxylic acids is 1. The van der Waals surface area contributed by atoms with Crippen molar-refractivity contribution in [1.29, 1.82) is 0 Å². The van der Waals surface area contributed by atoms with E-state index in [2.05, 4.69) is 5.32 Å². The Balaban J connectivity index is 1.93. The summed E-state index contributed by atoms with van der Waals surface area (Å²) >= 11 is 0. The Kier molecular flexibility index (Phi) is 4.27. The van der Waals surface area contributed by atoms with Gasteiger partial charge in [-0.15, -0.1) is 0 Å². The van der Waals surface area contributed by atoms with E-state index in [-0.39, 0.29) is 17.9 Å². The van der Waals surface area contributed by atoms with Crippen LogP contribution in [0.1, 0.15) is 32.6 Å². The number of carbonyl (C=O) groups is 2. The Morgan fingerprint density at radius 3 is 2.40 bits per heavy atom. The summed E-state index contributed by atoms with van der Waals surface area (Å²) in [6.45, 7) is 1.63. The lowest BCUT2D eigenvalue weighted by Gasteiger charge is -2.22. The van der Waals surface area contributed by atoms with Crippen molar-refractivity contribution < 1.29 is 19.4 Å². The molecule has 1 aliphatic rings. The van der Waals surface area contributed by atoms with Crippen molar-refractivity contribution in [2.24, 2.45) is 5.41 Å². The summed E-state index contributed by atoms with van der Waals surface area (Å²) in [4.78, 5) is 22.6. The summed E-state index contributed by atoms with van der Waals surface area (Å²) < 4.78 is 5.03. The molecule has 0 radical (unpaired) electrons. The van der Waals surface area contributed by atoms with E-state index < -0.39 is 5.97 Å². The summed E-state index contributed by atoms with van der Waals surface area (Å²) in [5.41, 5.74) is 0.434. The minimum absolute atomic E-state index is 0.0502. The summed E-state index contributed by atoms with van der Waals surface area (Å²) in [7, 11) is 0. The third-order valence-electron chi connectivity index (χ3n) is 3.73. The number of carbonyl (C=O) groups excluding carboxylic acids is 1. The van der Waals surface area contributed by atoms with Crippen LogP contribution in [0.25, 0.3) is 0 Å². The van der Waals surface area contributed by atoms with Gasteiger partial charge < -0.3 is 15.2 Å². The van der Waals surface area contributed by atoms with Gasteiger partial charge in [0.05, 0.1) is 0 Å². The average molecular weight is 277 g/mol. The van der Waals surface area contributed by atoms with Gasteiger partial charge in [0.2, 0.25) is 5.91 Å². The van der Waals surface area contributed by atoms with Gasteiger partial charge in [0.15, 0.2) is 6.61 Å². The van der Waals surface area contributed by atoms with Crippen LogP contribution >= 0.6 is 0 Å². The van der Waals surface area contributed by atoms with Crippen LogP contribution in [0, 0.1) is 5.41 Å². The predicted molar refractivity (Wildman–Crippen MR) is 74.8 cm³/mol. The van der Waals surface area contributed by atoms with E-state index in [9.17, 15) is 9.59 Å². The molecule has 0 unspecified atom stereocenters. The number of nitrogens with one attached hydrogen (secondary N) is 1. The van der Waals surface area contributed by atoms with Gasteiger partial charge in [-0.25, -0.2) is 4.79 Å². The minimum Gasteiger partial charge on any atom is -0.482 e. The van der Waals surface area contributed by atoms with E-state index in [1.54, 1.807) is 24.3 Å². The number of carboxylic acids is 1. The number of rotatable bonds is 5. The van der Waals surface area contributed by atoms with Gasteiger partial charge in [-0.05, 0) is 37.1 Å². The molecule has 5 nitrogen and oxygen atoms in total. The fourth-order valence-corrected chi connectivity index (χ4v) is 2.44. The molecule has 1 fully saturated rings. The van der Waals surface area contributed by atoms with Gasteiger partial charge in [-0.3, -0.25) is 4.79 Å². The van der Waals surface area contributed by atoms with Crippen LogP contribution < -0.4 is 10.1 Å². The van der Waals surface area contributed by atoms with E-state index in [1.807, 2.05) is 6.92 Å². The van der Waals surface area contributed by atoms with Crippen LogP contribution in [0.5, 0.6) is 5.75 Å². The molecule has 1 aromatic rings. The topological polar surface area (TPSA) is 75.6 Å². The van der Waals surface area contributed by atoms with Crippen LogP contribution in [0.3, 0.4) is 0 Å². The molecule has 108 valence electrons. The summed E-state index contributed by atoms with van der Waals surface area (Å²) in [6, 6.07) is 6.73. The molecule has 0 atom stereocenters. The van der Waals surface area contributed by atoms with Crippen molar-refractivity contribution >= 4 is 17.6 Å². The Bertz CT molecular complexity index is 489. The van der Waals surface area contributed by atoms with Gasteiger partial charge in [0.1, 0.15) is 5.75 Å². The number of benzene rings is 1. The lowest BCUT2D eigenvalue weighted by Crippen LogP contribution is -2.30. The number of carboxylic acid groups (broad SMARTS) is 1. The van der Waals surface area contributed by atoms with E-state index >= 15 is 0 Å². The van der Waals surface area contributed by atoms with Crippen LogP contribution in [-0.2, 0) is 9.59 Å². The first kappa shape index (κ1) is 14.4. The maximum atomic E-state index is 12.2. The van der Waals surface area contributed by atoms with Gasteiger partial charge in [0.25, 0.3) is 0 Å². The molecule has 0 aliphatic heterocycles. The third kappa shape index (κ3) is 3.50. The fraction of sp³-hybridized carbons (Fsp3) is 0.467. The number of anilines is 1. The first-order valence-corrected chi connectivity index (χ1v) is 6.76. The number of hydrogen-bond donors (Lipinski definition) is 2. The number of hydrogen-bond acceptors (Lipinski definition) is 3. The van der Waals surface area contributed by atoms with Gasteiger partial charge in [-0.2, -0.15) is 0 Å². The molecular weight excluding hydrogens is 258 g/mol. The zero-order chi connectivity index (χ0) is 14.6. The van der Waals surface area contributed by atoms with Crippen LogP contribution in [-0.4, -0.2) is 23.6 Å². The van der Waals surface area contributed by atoms with Crippen molar-refractivity contribution in [1.82, 2.24) is 0 Å². The number of amides is 1. The predicted octanol–water partition coefficient (Wildman–Crippen LogP) is 2.67. The minimum atomic E-state index is -1.02. The van der Waals surface area contributed by atoms with E-state index in [0.717, 1.165) is 25.7 Å². The standard InChI is InChI=1S/C15H19NO4/c1-15(8-2-3-9-15)14(19)16-11-4-6-12(7-5-11)20-10-13(17)18/h4-7H,2-3,8-10H2,1H3,(H,16,19)(H,17,18). The highest BCUT2D eigenvalue weighted by molar-refractivity contribution is 5.95. The van der Waals surface area contributed by atoms with Gasteiger partial charge in [-0.1, -0.05) is 19.8 Å². The Labute approximate surface area is 117 Å². The molecule has 0 heterocycles. The first-order valence-electron chi connectivity index (χ1n) is 6.76. The molecule has 0 saturated heterocycles. The molecule has 0 aromatic heterocycles. The first-order chi connectivity index (χ1) is 9.49. The summed E-state index contributed by atoms with van der Waals surface area (Å²) in [5, 5.41) is 11.4. The molecule has 0 spiro atoms. The molecule has 1 saturated carbocycles. The number of ether oxygens (including phenoxy) is 1. The second-order valence-electron chi connectivity index (χ2n) is 5.43. The normalized spacial score (nSPS) is 16.6. The molecule has 2 rings (SSSR count). The maximum absolute atomic E-state index is 12.2. The molecule has 2 N–H and O–H groups in total. The van der Waals surface area contributed by atoms with E-state index in [1.165, 1.54) is 0 Å². The van der Waals surface area contributed by atoms with Crippen LogP contribution in [0.2, 0.25) is 0 Å². The molecule has 1 aromatic carbocycles. The molecular formula is C15H19NO4. The Morgan fingerprint density at radius 1 is 1.25 bits per heavy atom. The highest BCUT2D eigenvalue weighted by atomic mass is 16.5. The van der Waals surface area contributed by atoms with Crippen molar-refractivity contribution in [3.05, 3.63) is 24.3 Å². The fourth-order valence-electron chi connectivity index (χ4n) is 2.44.